The highest BCUT2D eigenvalue weighted by atomic mass is 19.4. The molecule has 7 heteroatoms. The maximum absolute atomic E-state index is 12.6. The highest BCUT2D eigenvalue weighted by Crippen LogP contribution is 2.31. The molecular formula is C17H18F3NO3. The highest BCUT2D eigenvalue weighted by Gasteiger charge is 2.31. The Morgan fingerprint density at radius 2 is 1.92 bits per heavy atom. The highest BCUT2D eigenvalue weighted by molar-refractivity contribution is 5.93. The first kappa shape index (κ1) is 16.8. The van der Waals surface area contributed by atoms with Crippen molar-refractivity contribution in [1.29, 1.82) is 0 Å². The molecule has 0 bridgehead atoms. The molecule has 1 fully saturated rings. The molecule has 1 amide bonds. The first-order chi connectivity index (χ1) is 11.4. The summed E-state index contributed by atoms with van der Waals surface area (Å²) in [6.07, 6.45) is -1.78. The van der Waals surface area contributed by atoms with Crippen molar-refractivity contribution < 1.29 is 27.4 Å². The standard InChI is InChI=1S/C17H18F3NO3/c18-17(19,20)14-5-3-12(4-6-14)15-10-21(7-9-24-15)16(22)13-2-1-8-23-11-13/h3-6,11,15H,1-2,7-10H2/t15-/m0/s1. The molecular weight excluding hydrogens is 323 g/mol. The molecule has 0 aromatic heterocycles. The molecule has 1 aromatic carbocycles. The van der Waals surface area contributed by atoms with E-state index in [4.69, 9.17) is 9.47 Å². The van der Waals surface area contributed by atoms with E-state index in [-0.39, 0.29) is 5.91 Å². The van der Waals surface area contributed by atoms with Crippen LogP contribution in [0.4, 0.5) is 13.2 Å². The SMILES string of the molecule is O=C(C1=COCCC1)N1CCO[C@H](c2ccc(C(F)(F)F)cc2)C1. The van der Waals surface area contributed by atoms with E-state index in [1.54, 1.807) is 4.90 Å². The molecule has 2 heterocycles. The smallest absolute Gasteiger partial charge is 0.416 e. The zero-order valence-electron chi connectivity index (χ0n) is 13.0. The van der Waals surface area contributed by atoms with Crippen LogP contribution >= 0.6 is 0 Å². The van der Waals surface area contributed by atoms with Crippen LogP contribution in [0.25, 0.3) is 0 Å². The van der Waals surface area contributed by atoms with Gasteiger partial charge in [-0.2, -0.15) is 13.2 Å². The molecule has 0 radical (unpaired) electrons. The van der Waals surface area contributed by atoms with Crippen LogP contribution in [0.3, 0.4) is 0 Å². The van der Waals surface area contributed by atoms with Crippen LogP contribution in [-0.4, -0.2) is 37.1 Å². The predicted molar refractivity (Wildman–Crippen MR) is 80.0 cm³/mol. The Kier molecular flexibility index (Phi) is 4.80. The monoisotopic (exact) mass is 341 g/mol. The summed E-state index contributed by atoms with van der Waals surface area (Å²) in [6.45, 7) is 1.76. The van der Waals surface area contributed by atoms with Crippen LogP contribution < -0.4 is 0 Å². The number of carbonyl (C=O) groups excluding carboxylic acids is 1. The maximum Gasteiger partial charge on any atom is 0.416 e. The lowest BCUT2D eigenvalue weighted by molar-refractivity contribution is -0.137. The first-order valence-electron chi connectivity index (χ1n) is 7.84. The van der Waals surface area contributed by atoms with Gasteiger partial charge in [-0.25, -0.2) is 0 Å². The summed E-state index contributed by atoms with van der Waals surface area (Å²) >= 11 is 0. The fourth-order valence-corrected chi connectivity index (χ4v) is 2.85. The molecule has 0 aliphatic carbocycles. The number of nitrogens with zero attached hydrogens (tertiary/aromatic N) is 1. The third kappa shape index (κ3) is 3.72. The van der Waals surface area contributed by atoms with Gasteiger partial charge in [-0.3, -0.25) is 4.79 Å². The Hall–Kier alpha value is -2.02. The Morgan fingerprint density at radius 1 is 1.17 bits per heavy atom. The van der Waals surface area contributed by atoms with Crippen LogP contribution in [0.1, 0.15) is 30.1 Å². The van der Waals surface area contributed by atoms with Gasteiger partial charge in [0.2, 0.25) is 0 Å². The van der Waals surface area contributed by atoms with Gasteiger partial charge < -0.3 is 14.4 Å². The number of hydrogen-bond acceptors (Lipinski definition) is 3. The molecule has 0 N–H and O–H groups in total. The average molecular weight is 341 g/mol. The van der Waals surface area contributed by atoms with E-state index in [0.29, 0.717) is 43.9 Å². The second kappa shape index (κ2) is 6.84. The summed E-state index contributed by atoms with van der Waals surface area (Å²) in [7, 11) is 0. The van der Waals surface area contributed by atoms with Crippen molar-refractivity contribution in [2.75, 3.05) is 26.3 Å². The van der Waals surface area contributed by atoms with Crippen molar-refractivity contribution >= 4 is 5.91 Å². The maximum atomic E-state index is 12.6. The number of carbonyl (C=O) groups is 1. The number of rotatable bonds is 2. The van der Waals surface area contributed by atoms with E-state index in [0.717, 1.165) is 18.6 Å². The van der Waals surface area contributed by atoms with Gasteiger partial charge in [0.15, 0.2) is 0 Å². The topological polar surface area (TPSA) is 38.8 Å². The van der Waals surface area contributed by atoms with E-state index in [9.17, 15) is 18.0 Å². The van der Waals surface area contributed by atoms with Gasteiger partial charge in [-0.05, 0) is 30.5 Å². The third-order valence-corrected chi connectivity index (χ3v) is 4.17. The molecule has 2 aliphatic rings. The molecule has 1 aromatic rings. The number of halogens is 3. The van der Waals surface area contributed by atoms with Crippen molar-refractivity contribution in [2.24, 2.45) is 0 Å². The number of ether oxygens (including phenoxy) is 2. The molecule has 0 unspecified atom stereocenters. The lowest BCUT2D eigenvalue weighted by Gasteiger charge is -2.34. The van der Waals surface area contributed by atoms with Crippen molar-refractivity contribution in [2.45, 2.75) is 25.1 Å². The number of morpholine rings is 1. The summed E-state index contributed by atoms with van der Waals surface area (Å²) in [5.41, 5.74) is 0.572. The van der Waals surface area contributed by atoms with Crippen LogP contribution in [0.15, 0.2) is 36.1 Å². The average Bonchev–Trinajstić information content (AvgIpc) is 2.61. The minimum Gasteiger partial charge on any atom is -0.501 e. The molecule has 4 nitrogen and oxygen atoms in total. The van der Waals surface area contributed by atoms with Crippen molar-refractivity contribution in [1.82, 2.24) is 4.90 Å². The quantitative estimate of drug-likeness (QED) is 0.828. The normalized spacial score (nSPS) is 21.9. The van der Waals surface area contributed by atoms with E-state index >= 15 is 0 Å². The minimum absolute atomic E-state index is 0.0880. The summed E-state index contributed by atoms with van der Waals surface area (Å²) in [4.78, 5) is 14.2. The lowest BCUT2D eigenvalue weighted by Crippen LogP contribution is -2.43. The van der Waals surface area contributed by atoms with E-state index < -0.39 is 17.8 Å². The molecule has 1 atom stereocenters. The fraction of sp³-hybridized carbons (Fsp3) is 0.471. The summed E-state index contributed by atoms with van der Waals surface area (Å²) < 4.78 is 48.7. The largest absolute Gasteiger partial charge is 0.501 e. The molecule has 1 saturated heterocycles. The van der Waals surface area contributed by atoms with Crippen molar-refractivity contribution in [3.63, 3.8) is 0 Å². The van der Waals surface area contributed by atoms with Crippen LogP contribution in [0, 0.1) is 0 Å². The third-order valence-electron chi connectivity index (χ3n) is 4.17. The van der Waals surface area contributed by atoms with E-state index in [1.165, 1.54) is 18.4 Å². The zero-order valence-corrected chi connectivity index (χ0v) is 13.0. The number of amides is 1. The van der Waals surface area contributed by atoms with E-state index in [1.807, 2.05) is 0 Å². The molecule has 24 heavy (non-hydrogen) atoms. The Morgan fingerprint density at radius 3 is 2.54 bits per heavy atom. The first-order valence-corrected chi connectivity index (χ1v) is 7.84. The van der Waals surface area contributed by atoms with Crippen molar-refractivity contribution in [3.05, 3.63) is 47.2 Å². The second-order valence-electron chi connectivity index (χ2n) is 5.85. The Bertz CT molecular complexity index is 625. The molecule has 130 valence electrons. The Labute approximate surface area is 137 Å². The fourth-order valence-electron chi connectivity index (χ4n) is 2.85. The summed E-state index contributed by atoms with van der Waals surface area (Å²) in [5, 5.41) is 0. The minimum atomic E-state index is -4.36. The van der Waals surface area contributed by atoms with E-state index in [2.05, 4.69) is 0 Å². The zero-order chi connectivity index (χ0) is 17.2. The lowest BCUT2D eigenvalue weighted by atomic mass is 10.0. The number of benzene rings is 1. The van der Waals surface area contributed by atoms with Gasteiger partial charge >= 0.3 is 6.18 Å². The van der Waals surface area contributed by atoms with Gasteiger partial charge in [-0.15, -0.1) is 0 Å². The summed E-state index contributed by atoms with van der Waals surface area (Å²) in [5.74, 6) is -0.0880. The van der Waals surface area contributed by atoms with Gasteiger partial charge in [0.05, 0.1) is 37.2 Å². The summed E-state index contributed by atoms with van der Waals surface area (Å²) in [6, 6.07) is 4.89. The number of hydrogen-bond donors (Lipinski definition) is 0. The Balaban J connectivity index is 1.69. The van der Waals surface area contributed by atoms with Gasteiger partial charge in [0.1, 0.15) is 6.10 Å². The molecule has 0 saturated carbocycles. The predicted octanol–water partition coefficient (Wildman–Crippen LogP) is 3.30. The molecule has 0 spiro atoms. The molecule has 2 aliphatic heterocycles. The van der Waals surface area contributed by atoms with Crippen LogP contribution in [0.2, 0.25) is 0 Å². The molecule has 3 rings (SSSR count). The number of alkyl halides is 3. The van der Waals surface area contributed by atoms with Crippen LogP contribution in [0.5, 0.6) is 0 Å². The van der Waals surface area contributed by atoms with Crippen LogP contribution in [-0.2, 0) is 20.4 Å². The van der Waals surface area contributed by atoms with Gasteiger partial charge in [0, 0.05) is 6.54 Å². The van der Waals surface area contributed by atoms with Gasteiger partial charge in [0.25, 0.3) is 5.91 Å². The van der Waals surface area contributed by atoms with Crippen molar-refractivity contribution in [3.8, 4) is 0 Å². The van der Waals surface area contributed by atoms with Gasteiger partial charge in [-0.1, -0.05) is 12.1 Å². The second-order valence-corrected chi connectivity index (χ2v) is 5.85.